The lowest BCUT2D eigenvalue weighted by Gasteiger charge is -2.31. The molecule has 1 atom stereocenters. The van der Waals surface area contributed by atoms with Gasteiger partial charge in [-0.15, -0.1) is 0 Å². The summed E-state index contributed by atoms with van der Waals surface area (Å²) in [7, 11) is -2.30. The van der Waals surface area contributed by atoms with Crippen LogP contribution in [0.3, 0.4) is 0 Å². The van der Waals surface area contributed by atoms with Crippen molar-refractivity contribution in [2.24, 2.45) is 5.92 Å². The van der Waals surface area contributed by atoms with Crippen molar-refractivity contribution in [3.8, 4) is 5.75 Å². The van der Waals surface area contributed by atoms with Crippen LogP contribution in [-0.2, 0) is 14.8 Å². The number of methoxy groups -OCH3 is 1. The summed E-state index contributed by atoms with van der Waals surface area (Å²) in [6.07, 6.45) is 1.18. The number of halogens is 2. The maximum Gasteiger partial charge on any atom is 0.244 e. The van der Waals surface area contributed by atoms with Crippen molar-refractivity contribution in [3.63, 3.8) is 0 Å². The Morgan fingerprint density at radius 1 is 1.21 bits per heavy atom. The first-order valence-electron chi connectivity index (χ1n) is 8.71. The minimum absolute atomic E-state index is 0.0458. The van der Waals surface area contributed by atoms with Crippen LogP contribution in [0, 0.1) is 5.92 Å². The molecule has 1 N–H and O–H groups in total. The number of anilines is 1. The third-order valence-corrected chi connectivity index (χ3v) is 7.19. The monoisotopic (exact) mass is 442 g/mol. The van der Waals surface area contributed by atoms with Gasteiger partial charge in [0.1, 0.15) is 10.6 Å². The first-order chi connectivity index (χ1) is 13.3. The van der Waals surface area contributed by atoms with Crippen LogP contribution >= 0.6 is 23.2 Å². The van der Waals surface area contributed by atoms with Gasteiger partial charge in [-0.25, -0.2) is 8.42 Å². The van der Waals surface area contributed by atoms with Crippen molar-refractivity contribution in [1.82, 2.24) is 4.31 Å². The number of rotatable bonds is 5. The number of amides is 1. The molecule has 2 aromatic carbocycles. The molecule has 1 aliphatic rings. The minimum atomic E-state index is -3.85. The SMILES string of the molecule is COc1cccc(NC(=O)C2CCCN(S(=O)(=O)c3cc(Cl)ccc3Cl)C2)c1. The van der Waals surface area contributed by atoms with Crippen LogP contribution in [0.15, 0.2) is 47.4 Å². The highest BCUT2D eigenvalue weighted by atomic mass is 35.5. The summed E-state index contributed by atoms with van der Waals surface area (Å²) >= 11 is 12.0. The lowest BCUT2D eigenvalue weighted by atomic mass is 9.98. The molecule has 1 unspecified atom stereocenters. The third-order valence-electron chi connectivity index (χ3n) is 4.60. The van der Waals surface area contributed by atoms with Gasteiger partial charge in [0.2, 0.25) is 15.9 Å². The number of piperidine rings is 1. The van der Waals surface area contributed by atoms with Gasteiger partial charge in [-0.1, -0.05) is 29.3 Å². The number of sulfonamides is 1. The molecule has 0 spiro atoms. The van der Waals surface area contributed by atoms with Crippen molar-refractivity contribution >= 4 is 44.8 Å². The van der Waals surface area contributed by atoms with Gasteiger partial charge in [0, 0.05) is 29.9 Å². The fraction of sp³-hybridized carbons (Fsp3) is 0.316. The molecule has 0 radical (unpaired) electrons. The molecule has 150 valence electrons. The summed E-state index contributed by atoms with van der Waals surface area (Å²) in [4.78, 5) is 12.6. The molecule has 1 heterocycles. The Balaban J connectivity index is 1.76. The highest BCUT2D eigenvalue weighted by molar-refractivity contribution is 7.89. The van der Waals surface area contributed by atoms with Crippen LogP contribution in [0.25, 0.3) is 0 Å². The zero-order valence-corrected chi connectivity index (χ0v) is 17.5. The Morgan fingerprint density at radius 3 is 2.75 bits per heavy atom. The van der Waals surface area contributed by atoms with Gasteiger partial charge in [-0.05, 0) is 43.2 Å². The smallest absolute Gasteiger partial charge is 0.244 e. The lowest BCUT2D eigenvalue weighted by Crippen LogP contribution is -2.43. The quantitative estimate of drug-likeness (QED) is 0.757. The molecule has 0 aliphatic carbocycles. The normalized spacial score (nSPS) is 17.9. The number of hydrogen-bond donors (Lipinski definition) is 1. The van der Waals surface area contributed by atoms with E-state index in [4.69, 9.17) is 27.9 Å². The van der Waals surface area contributed by atoms with Crippen LogP contribution in [0.5, 0.6) is 5.75 Å². The molecule has 0 aromatic heterocycles. The first kappa shape index (κ1) is 20.9. The standard InChI is InChI=1S/C19H20Cl2N2O4S/c1-27-16-6-2-5-15(11-16)22-19(24)13-4-3-9-23(12-13)28(25,26)18-10-14(20)7-8-17(18)21/h2,5-8,10-11,13H,3-4,9,12H2,1H3,(H,22,24). The van der Waals surface area contributed by atoms with E-state index >= 15 is 0 Å². The largest absolute Gasteiger partial charge is 0.497 e. The second kappa shape index (κ2) is 8.69. The number of hydrogen-bond acceptors (Lipinski definition) is 4. The number of nitrogens with one attached hydrogen (secondary N) is 1. The van der Waals surface area contributed by atoms with Crippen molar-refractivity contribution in [3.05, 3.63) is 52.5 Å². The van der Waals surface area contributed by atoms with Crippen LogP contribution in [0.4, 0.5) is 5.69 Å². The summed E-state index contributed by atoms with van der Waals surface area (Å²) in [6, 6.07) is 11.3. The summed E-state index contributed by atoms with van der Waals surface area (Å²) in [5.41, 5.74) is 0.599. The van der Waals surface area contributed by atoms with E-state index in [-0.39, 0.29) is 27.4 Å². The van der Waals surface area contributed by atoms with E-state index in [9.17, 15) is 13.2 Å². The Bertz CT molecular complexity index is 982. The molecule has 0 saturated carbocycles. The second-order valence-electron chi connectivity index (χ2n) is 6.50. The van der Waals surface area contributed by atoms with Crippen molar-refractivity contribution in [1.29, 1.82) is 0 Å². The summed E-state index contributed by atoms with van der Waals surface area (Å²) in [6.45, 7) is 0.412. The fourth-order valence-corrected chi connectivity index (χ4v) is 5.39. The number of carbonyl (C=O) groups excluding carboxylic acids is 1. The summed E-state index contributed by atoms with van der Waals surface area (Å²) < 4.78 is 32.5. The Kier molecular flexibility index (Phi) is 6.50. The molecule has 2 aromatic rings. The van der Waals surface area contributed by atoms with Gasteiger partial charge in [-0.3, -0.25) is 4.79 Å². The van der Waals surface area contributed by atoms with Crippen molar-refractivity contribution in [2.75, 3.05) is 25.5 Å². The lowest BCUT2D eigenvalue weighted by molar-refractivity contribution is -0.120. The molecule has 1 fully saturated rings. The Labute approximate surface area is 174 Å². The Hall–Kier alpha value is -1.80. The van der Waals surface area contributed by atoms with Gasteiger partial charge in [-0.2, -0.15) is 4.31 Å². The van der Waals surface area contributed by atoms with E-state index in [2.05, 4.69) is 5.32 Å². The molecule has 3 rings (SSSR count). The van der Waals surface area contributed by atoms with E-state index < -0.39 is 15.9 Å². The molecule has 28 heavy (non-hydrogen) atoms. The van der Waals surface area contributed by atoms with Gasteiger partial charge in [0.15, 0.2) is 0 Å². The van der Waals surface area contributed by atoms with Crippen LogP contribution < -0.4 is 10.1 Å². The number of ether oxygens (including phenoxy) is 1. The van der Waals surface area contributed by atoms with Gasteiger partial charge >= 0.3 is 0 Å². The molecule has 0 bridgehead atoms. The van der Waals surface area contributed by atoms with Gasteiger partial charge < -0.3 is 10.1 Å². The van der Waals surface area contributed by atoms with Crippen LogP contribution in [-0.4, -0.2) is 38.8 Å². The average molecular weight is 443 g/mol. The highest BCUT2D eigenvalue weighted by Gasteiger charge is 2.34. The predicted octanol–water partition coefficient (Wildman–Crippen LogP) is 4.04. The van der Waals surface area contributed by atoms with Crippen molar-refractivity contribution < 1.29 is 17.9 Å². The van der Waals surface area contributed by atoms with E-state index in [1.807, 2.05) is 0 Å². The van der Waals surface area contributed by atoms with Crippen LogP contribution in [0.2, 0.25) is 10.0 Å². The van der Waals surface area contributed by atoms with Gasteiger partial charge in [0.25, 0.3) is 0 Å². The minimum Gasteiger partial charge on any atom is -0.497 e. The maximum atomic E-state index is 13.0. The van der Waals surface area contributed by atoms with E-state index in [1.165, 1.54) is 22.5 Å². The summed E-state index contributed by atoms with van der Waals surface area (Å²) in [5.74, 6) is -0.0701. The summed E-state index contributed by atoms with van der Waals surface area (Å²) in [5, 5.41) is 3.22. The molecule has 1 saturated heterocycles. The second-order valence-corrected chi connectivity index (χ2v) is 9.25. The molecule has 6 nitrogen and oxygen atoms in total. The molecular formula is C19H20Cl2N2O4S. The zero-order chi connectivity index (χ0) is 20.3. The first-order valence-corrected chi connectivity index (χ1v) is 10.9. The van der Waals surface area contributed by atoms with Gasteiger partial charge in [0.05, 0.1) is 18.1 Å². The Morgan fingerprint density at radius 2 is 2.00 bits per heavy atom. The number of benzene rings is 2. The molecule has 9 heteroatoms. The number of nitrogens with zero attached hydrogens (tertiary/aromatic N) is 1. The fourth-order valence-electron chi connectivity index (χ4n) is 3.13. The van der Waals surface area contributed by atoms with E-state index in [0.29, 0.717) is 30.8 Å². The third kappa shape index (κ3) is 4.60. The number of carbonyl (C=O) groups is 1. The van der Waals surface area contributed by atoms with Crippen molar-refractivity contribution in [2.45, 2.75) is 17.7 Å². The molecular weight excluding hydrogens is 423 g/mol. The van der Waals surface area contributed by atoms with E-state index in [0.717, 1.165) is 0 Å². The molecule has 1 amide bonds. The topological polar surface area (TPSA) is 75.7 Å². The average Bonchev–Trinajstić information content (AvgIpc) is 2.70. The van der Waals surface area contributed by atoms with E-state index in [1.54, 1.807) is 31.4 Å². The maximum absolute atomic E-state index is 13.0. The predicted molar refractivity (Wildman–Crippen MR) is 110 cm³/mol. The molecule has 1 aliphatic heterocycles. The highest BCUT2D eigenvalue weighted by Crippen LogP contribution is 2.30. The van der Waals surface area contributed by atoms with Crippen LogP contribution in [0.1, 0.15) is 12.8 Å². The zero-order valence-electron chi connectivity index (χ0n) is 15.2.